The highest BCUT2D eigenvalue weighted by Gasteiger charge is 2.42. The van der Waals surface area contributed by atoms with E-state index in [1.54, 1.807) is 0 Å². The Hall–Kier alpha value is 0.290. The predicted octanol–water partition coefficient (Wildman–Crippen LogP) is 5.95. The smallest absolute Gasteiger partial charge is 0.104 e. The first kappa shape index (κ1) is 17.1. The number of rotatable bonds is 2. The van der Waals surface area contributed by atoms with Gasteiger partial charge in [0.15, 0.2) is 0 Å². The molecular formula is C19H33F2P. The lowest BCUT2D eigenvalue weighted by molar-refractivity contribution is 0.0163. The third-order valence-corrected chi connectivity index (χ3v) is 7.60. The van der Waals surface area contributed by atoms with E-state index in [0.717, 1.165) is 31.6 Å². The molecule has 0 bridgehead atoms. The van der Waals surface area contributed by atoms with Crippen LogP contribution >= 0.6 is 9.24 Å². The number of hydrogen-bond donors (Lipinski definition) is 0. The second-order valence-electron chi connectivity index (χ2n) is 8.53. The van der Waals surface area contributed by atoms with Gasteiger partial charge in [-0.05, 0) is 86.6 Å². The highest BCUT2D eigenvalue weighted by atomic mass is 31.0. The van der Waals surface area contributed by atoms with E-state index in [9.17, 15) is 8.78 Å². The van der Waals surface area contributed by atoms with Gasteiger partial charge in [-0.3, -0.25) is 0 Å². The standard InChI is InChI=1S/C19H33F2P/c1-12-2-4-13(5-3-12)16-8-6-14(10-18(16)20)17-9-7-15(22)11-19(17)21/h12-19H,2-11,22H2,1H3. The molecule has 0 aromatic carbocycles. The predicted molar refractivity (Wildman–Crippen MR) is 92.6 cm³/mol. The summed E-state index contributed by atoms with van der Waals surface area (Å²) in [6, 6.07) is 0. The van der Waals surface area contributed by atoms with Crippen molar-refractivity contribution in [2.45, 2.75) is 89.1 Å². The number of alkyl halides is 2. The summed E-state index contributed by atoms with van der Waals surface area (Å²) in [6.45, 7) is 2.32. The molecule has 0 nitrogen and oxygen atoms in total. The third-order valence-electron chi connectivity index (χ3n) is 7.00. The van der Waals surface area contributed by atoms with Gasteiger partial charge < -0.3 is 0 Å². The van der Waals surface area contributed by atoms with Crippen molar-refractivity contribution in [2.24, 2.45) is 29.6 Å². The van der Waals surface area contributed by atoms with Crippen LogP contribution in [0.2, 0.25) is 0 Å². The van der Waals surface area contributed by atoms with Gasteiger partial charge in [0, 0.05) is 0 Å². The Balaban J connectivity index is 1.53. The van der Waals surface area contributed by atoms with Crippen LogP contribution in [0, 0.1) is 29.6 Å². The molecule has 3 heteroatoms. The molecule has 7 atom stereocenters. The molecule has 7 unspecified atom stereocenters. The summed E-state index contributed by atoms with van der Waals surface area (Å²) in [5.74, 6) is 2.17. The van der Waals surface area contributed by atoms with E-state index in [1.807, 2.05) is 0 Å². The molecule has 0 aliphatic heterocycles. The van der Waals surface area contributed by atoms with Crippen LogP contribution in [-0.4, -0.2) is 18.0 Å². The molecular weight excluding hydrogens is 297 g/mol. The molecule has 3 aliphatic carbocycles. The van der Waals surface area contributed by atoms with Crippen molar-refractivity contribution in [1.29, 1.82) is 0 Å². The third kappa shape index (κ3) is 3.85. The van der Waals surface area contributed by atoms with Gasteiger partial charge in [0.25, 0.3) is 0 Å². The van der Waals surface area contributed by atoms with E-state index in [2.05, 4.69) is 16.2 Å². The van der Waals surface area contributed by atoms with Crippen LogP contribution in [0.3, 0.4) is 0 Å². The maximum atomic E-state index is 14.8. The Labute approximate surface area is 137 Å². The summed E-state index contributed by atoms with van der Waals surface area (Å²) in [5.41, 5.74) is 0.438. The van der Waals surface area contributed by atoms with Crippen LogP contribution in [0.15, 0.2) is 0 Å². The van der Waals surface area contributed by atoms with Crippen molar-refractivity contribution in [3.05, 3.63) is 0 Å². The van der Waals surface area contributed by atoms with Crippen LogP contribution < -0.4 is 0 Å². The van der Waals surface area contributed by atoms with Crippen molar-refractivity contribution < 1.29 is 8.78 Å². The van der Waals surface area contributed by atoms with Crippen LogP contribution in [-0.2, 0) is 0 Å². The van der Waals surface area contributed by atoms with Crippen molar-refractivity contribution in [3.8, 4) is 0 Å². The molecule has 3 aliphatic rings. The van der Waals surface area contributed by atoms with Gasteiger partial charge in [-0.2, -0.15) is 0 Å². The van der Waals surface area contributed by atoms with Gasteiger partial charge in [-0.25, -0.2) is 8.78 Å². The molecule has 0 saturated heterocycles. The Bertz CT molecular complexity index is 353. The fourth-order valence-electron chi connectivity index (χ4n) is 5.50. The van der Waals surface area contributed by atoms with Gasteiger partial charge in [0.05, 0.1) is 0 Å². The topological polar surface area (TPSA) is 0 Å². The summed E-state index contributed by atoms with van der Waals surface area (Å²) in [7, 11) is 2.77. The Morgan fingerprint density at radius 3 is 1.86 bits per heavy atom. The molecule has 0 aromatic heterocycles. The monoisotopic (exact) mass is 330 g/mol. The van der Waals surface area contributed by atoms with E-state index in [1.165, 1.54) is 25.7 Å². The van der Waals surface area contributed by atoms with E-state index in [-0.39, 0.29) is 11.8 Å². The fourth-order valence-corrected chi connectivity index (χ4v) is 5.96. The molecule has 0 amide bonds. The van der Waals surface area contributed by atoms with Gasteiger partial charge >= 0.3 is 0 Å². The highest BCUT2D eigenvalue weighted by Crippen LogP contribution is 2.47. The Morgan fingerprint density at radius 1 is 0.682 bits per heavy atom. The normalized spacial score (nSPS) is 50.7. The van der Waals surface area contributed by atoms with E-state index < -0.39 is 12.3 Å². The maximum absolute atomic E-state index is 14.8. The van der Waals surface area contributed by atoms with Crippen molar-refractivity contribution in [1.82, 2.24) is 0 Å². The lowest BCUT2D eigenvalue weighted by Gasteiger charge is -2.43. The van der Waals surface area contributed by atoms with Crippen molar-refractivity contribution >= 4 is 9.24 Å². The van der Waals surface area contributed by atoms with E-state index in [4.69, 9.17) is 0 Å². The van der Waals surface area contributed by atoms with Crippen LogP contribution in [0.1, 0.15) is 71.1 Å². The summed E-state index contributed by atoms with van der Waals surface area (Å²) in [6.07, 6.45) is 9.12. The van der Waals surface area contributed by atoms with Crippen LogP contribution in [0.25, 0.3) is 0 Å². The van der Waals surface area contributed by atoms with E-state index >= 15 is 0 Å². The van der Waals surface area contributed by atoms with Gasteiger partial charge in [-0.1, -0.05) is 19.8 Å². The first-order valence-electron chi connectivity index (χ1n) is 9.58. The zero-order chi connectivity index (χ0) is 15.7. The Morgan fingerprint density at radius 2 is 1.23 bits per heavy atom. The second kappa shape index (κ2) is 7.45. The molecule has 0 heterocycles. The average Bonchev–Trinajstić information content (AvgIpc) is 2.48. The van der Waals surface area contributed by atoms with Gasteiger partial charge in [-0.15, -0.1) is 9.24 Å². The minimum Gasteiger partial charge on any atom is -0.247 e. The quantitative estimate of drug-likeness (QED) is 0.549. The molecule has 3 fully saturated rings. The summed E-state index contributed by atoms with van der Waals surface area (Å²) >= 11 is 0. The number of halogens is 2. The molecule has 22 heavy (non-hydrogen) atoms. The lowest BCUT2D eigenvalue weighted by Crippen LogP contribution is -2.39. The molecule has 128 valence electrons. The molecule has 0 aromatic rings. The zero-order valence-electron chi connectivity index (χ0n) is 14.0. The average molecular weight is 330 g/mol. The molecule has 3 saturated carbocycles. The van der Waals surface area contributed by atoms with E-state index in [0.29, 0.717) is 30.3 Å². The molecule has 3 rings (SSSR count). The van der Waals surface area contributed by atoms with Crippen LogP contribution in [0.5, 0.6) is 0 Å². The lowest BCUT2D eigenvalue weighted by atomic mass is 9.64. The first-order chi connectivity index (χ1) is 10.5. The zero-order valence-corrected chi connectivity index (χ0v) is 15.2. The molecule has 0 spiro atoms. The summed E-state index contributed by atoms with van der Waals surface area (Å²) < 4.78 is 29.2. The van der Waals surface area contributed by atoms with Crippen molar-refractivity contribution in [3.63, 3.8) is 0 Å². The molecule has 0 radical (unpaired) electrons. The Kier molecular flexibility index (Phi) is 5.80. The first-order valence-corrected chi connectivity index (χ1v) is 10.2. The number of hydrogen-bond acceptors (Lipinski definition) is 0. The van der Waals surface area contributed by atoms with Crippen molar-refractivity contribution in [2.75, 3.05) is 0 Å². The fraction of sp³-hybridized carbons (Fsp3) is 1.00. The summed E-state index contributed by atoms with van der Waals surface area (Å²) in [5, 5.41) is 0. The highest BCUT2D eigenvalue weighted by molar-refractivity contribution is 7.17. The minimum absolute atomic E-state index is 0.141. The molecule has 0 N–H and O–H groups in total. The largest absolute Gasteiger partial charge is 0.247 e. The van der Waals surface area contributed by atoms with Gasteiger partial charge in [0.2, 0.25) is 0 Å². The minimum atomic E-state index is -0.694. The van der Waals surface area contributed by atoms with Gasteiger partial charge in [0.1, 0.15) is 12.3 Å². The second-order valence-corrected chi connectivity index (χ2v) is 9.47. The summed E-state index contributed by atoms with van der Waals surface area (Å²) in [4.78, 5) is 0. The van der Waals surface area contributed by atoms with Crippen LogP contribution in [0.4, 0.5) is 8.78 Å². The maximum Gasteiger partial charge on any atom is 0.104 e. The SMILES string of the molecule is CC1CCC(C2CCC(C3CCC(P)CC3F)CC2F)CC1.